The fraction of sp³-hybridized carbons (Fsp3) is 0.273. The van der Waals surface area contributed by atoms with Gasteiger partial charge in [-0.1, -0.05) is 23.2 Å². The van der Waals surface area contributed by atoms with Gasteiger partial charge in [-0.3, -0.25) is 9.59 Å². The summed E-state index contributed by atoms with van der Waals surface area (Å²) in [5, 5.41) is 0.917. The van der Waals surface area contributed by atoms with E-state index in [-0.39, 0.29) is 11.8 Å². The SMILES string of the molecule is Cc1ccc(C)n1-c1ccc(Cl)c(C(=O)N2CCN(C(=O)c3cc(Cl)c[nH]3)CC2)c1. The number of amides is 2. The Balaban J connectivity index is 1.49. The minimum absolute atomic E-state index is 0.118. The van der Waals surface area contributed by atoms with Crippen LogP contribution in [0.3, 0.4) is 0 Å². The summed E-state index contributed by atoms with van der Waals surface area (Å²) < 4.78 is 2.09. The van der Waals surface area contributed by atoms with Crippen molar-refractivity contribution in [2.75, 3.05) is 26.2 Å². The summed E-state index contributed by atoms with van der Waals surface area (Å²) in [6, 6.07) is 11.2. The summed E-state index contributed by atoms with van der Waals surface area (Å²) in [5.74, 6) is -0.244. The smallest absolute Gasteiger partial charge is 0.270 e. The number of benzene rings is 1. The highest BCUT2D eigenvalue weighted by molar-refractivity contribution is 6.34. The van der Waals surface area contributed by atoms with Crippen molar-refractivity contribution < 1.29 is 9.59 Å². The zero-order chi connectivity index (χ0) is 21.4. The topological polar surface area (TPSA) is 61.3 Å². The Bertz CT molecular complexity index is 1090. The number of aryl methyl sites for hydroxylation is 2. The van der Waals surface area contributed by atoms with Gasteiger partial charge >= 0.3 is 0 Å². The van der Waals surface area contributed by atoms with E-state index in [1.165, 1.54) is 0 Å². The predicted molar refractivity (Wildman–Crippen MR) is 118 cm³/mol. The molecular formula is C22H22Cl2N4O2. The van der Waals surface area contributed by atoms with Gasteiger partial charge in [0, 0.05) is 49.5 Å². The van der Waals surface area contributed by atoms with Crippen LogP contribution < -0.4 is 0 Å². The fourth-order valence-corrected chi connectivity index (χ4v) is 4.20. The second-order valence-electron chi connectivity index (χ2n) is 7.43. The van der Waals surface area contributed by atoms with Crippen LogP contribution in [0, 0.1) is 13.8 Å². The molecule has 6 nitrogen and oxygen atoms in total. The Morgan fingerprint density at radius 2 is 1.47 bits per heavy atom. The molecule has 0 radical (unpaired) electrons. The molecule has 0 atom stereocenters. The number of aromatic amines is 1. The maximum absolute atomic E-state index is 13.2. The summed E-state index contributed by atoms with van der Waals surface area (Å²) in [5.41, 5.74) is 4.00. The van der Waals surface area contributed by atoms with Crippen LogP contribution >= 0.6 is 23.2 Å². The Morgan fingerprint density at radius 1 is 0.867 bits per heavy atom. The first kappa shape index (κ1) is 20.6. The highest BCUT2D eigenvalue weighted by atomic mass is 35.5. The number of H-pyrrole nitrogens is 1. The second-order valence-corrected chi connectivity index (χ2v) is 8.28. The van der Waals surface area contributed by atoms with E-state index in [0.29, 0.717) is 47.5 Å². The second kappa shape index (κ2) is 8.20. The van der Waals surface area contributed by atoms with Crippen LogP contribution in [-0.4, -0.2) is 57.3 Å². The fourth-order valence-electron chi connectivity index (χ4n) is 3.84. The molecule has 3 heterocycles. The van der Waals surface area contributed by atoms with Crippen molar-refractivity contribution >= 4 is 35.0 Å². The zero-order valence-electron chi connectivity index (χ0n) is 16.8. The summed E-state index contributed by atoms with van der Waals surface area (Å²) in [6.07, 6.45) is 1.58. The monoisotopic (exact) mass is 444 g/mol. The van der Waals surface area contributed by atoms with Crippen molar-refractivity contribution in [3.8, 4) is 5.69 Å². The van der Waals surface area contributed by atoms with Crippen molar-refractivity contribution in [3.63, 3.8) is 0 Å². The lowest BCUT2D eigenvalue weighted by Crippen LogP contribution is -2.50. The molecule has 0 saturated carbocycles. The van der Waals surface area contributed by atoms with E-state index in [0.717, 1.165) is 17.1 Å². The van der Waals surface area contributed by atoms with Crippen LogP contribution in [0.25, 0.3) is 5.69 Å². The van der Waals surface area contributed by atoms with Crippen LogP contribution in [0.2, 0.25) is 10.0 Å². The first-order valence-electron chi connectivity index (χ1n) is 9.72. The molecular weight excluding hydrogens is 423 g/mol. The van der Waals surface area contributed by atoms with Gasteiger partial charge in [0.05, 0.1) is 15.6 Å². The lowest BCUT2D eigenvalue weighted by Gasteiger charge is -2.34. The number of hydrogen-bond acceptors (Lipinski definition) is 2. The molecule has 30 heavy (non-hydrogen) atoms. The lowest BCUT2D eigenvalue weighted by atomic mass is 10.1. The molecule has 0 unspecified atom stereocenters. The van der Waals surface area contributed by atoms with Gasteiger partial charge in [0.25, 0.3) is 11.8 Å². The van der Waals surface area contributed by atoms with Crippen molar-refractivity contribution in [1.82, 2.24) is 19.4 Å². The van der Waals surface area contributed by atoms with E-state index >= 15 is 0 Å². The van der Waals surface area contributed by atoms with Gasteiger partial charge < -0.3 is 19.4 Å². The first-order chi connectivity index (χ1) is 14.3. The molecule has 1 aliphatic heterocycles. The largest absolute Gasteiger partial charge is 0.356 e. The third kappa shape index (κ3) is 3.85. The van der Waals surface area contributed by atoms with E-state index in [4.69, 9.17) is 23.2 Å². The molecule has 1 aromatic carbocycles. The third-order valence-corrected chi connectivity index (χ3v) is 5.99. The average molecular weight is 445 g/mol. The maximum Gasteiger partial charge on any atom is 0.270 e. The molecule has 3 aromatic rings. The number of rotatable bonds is 3. The molecule has 1 N–H and O–H groups in total. The van der Waals surface area contributed by atoms with Gasteiger partial charge in [0.15, 0.2) is 0 Å². The number of aromatic nitrogens is 2. The van der Waals surface area contributed by atoms with Gasteiger partial charge in [-0.25, -0.2) is 0 Å². The lowest BCUT2D eigenvalue weighted by molar-refractivity contribution is 0.0533. The van der Waals surface area contributed by atoms with E-state index in [1.54, 1.807) is 28.1 Å². The van der Waals surface area contributed by atoms with Crippen molar-refractivity contribution in [3.05, 3.63) is 75.3 Å². The van der Waals surface area contributed by atoms with Crippen LogP contribution in [-0.2, 0) is 0 Å². The Hall–Kier alpha value is -2.70. The molecule has 1 saturated heterocycles. The van der Waals surface area contributed by atoms with E-state index in [9.17, 15) is 9.59 Å². The summed E-state index contributed by atoms with van der Waals surface area (Å²) in [4.78, 5) is 32.1. The number of carbonyl (C=O) groups excluding carboxylic acids is 2. The molecule has 2 aromatic heterocycles. The number of hydrogen-bond donors (Lipinski definition) is 1. The quantitative estimate of drug-likeness (QED) is 0.653. The average Bonchev–Trinajstić information content (AvgIpc) is 3.33. The van der Waals surface area contributed by atoms with Gasteiger partial charge in [-0.2, -0.15) is 0 Å². The highest BCUT2D eigenvalue weighted by Gasteiger charge is 2.27. The number of carbonyl (C=O) groups is 2. The molecule has 1 aliphatic rings. The van der Waals surface area contributed by atoms with Crippen LogP contribution in [0.1, 0.15) is 32.2 Å². The minimum atomic E-state index is -0.126. The third-order valence-electron chi connectivity index (χ3n) is 5.44. The Kier molecular flexibility index (Phi) is 5.62. The summed E-state index contributed by atoms with van der Waals surface area (Å²) in [6.45, 7) is 5.85. The van der Waals surface area contributed by atoms with Gasteiger partial charge in [0.1, 0.15) is 5.69 Å². The zero-order valence-corrected chi connectivity index (χ0v) is 18.3. The number of piperazine rings is 1. The maximum atomic E-state index is 13.2. The Labute approximate surface area is 185 Å². The standard InChI is InChI=1S/C22H22Cl2N4O2/c1-14-3-4-15(2)28(14)17-5-6-19(24)18(12-17)21(29)26-7-9-27(10-8-26)22(30)20-11-16(23)13-25-20/h3-6,11-13,25H,7-10H2,1-2H3. The highest BCUT2D eigenvalue weighted by Crippen LogP contribution is 2.25. The van der Waals surface area contributed by atoms with Crippen LogP contribution in [0.4, 0.5) is 0 Å². The van der Waals surface area contributed by atoms with Crippen molar-refractivity contribution in [1.29, 1.82) is 0 Å². The van der Waals surface area contributed by atoms with E-state index in [1.807, 2.05) is 38.1 Å². The molecule has 8 heteroatoms. The molecule has 156 valence electrons. The minimum Gasteiger partial charge on any atom is -0.356 e. The number of nitrogens with zero attached hydrogens (tertiary/aromatic N) is 3. The van der Waals surface area contributed by atoms with Gasteiger partial charge in [0.2, 0.25) is 0 Å². The van der Waals surface area contributed by atoms with Gasteiger partial charge in [-0.15, -0.1) is 0 Å². The first-order valence-corrected chi connectivity index (χ1v) is 10.5. The molecule has 0 spiro atoms. The van der Waals surface area contributed by atoms with Gasteiger partial charge in [-0.05, 0) is 50.2 Å². The number of halogens is 2. The molecule has 4 rings (SSSR count). The van der Waals surface area contributed by atoms with E-state index in [2.05, 4.69) is 9.55 Å². The van der Waals surface area contributed by atoms with E-state index < -0.39 is 0 Å². The predicted octanol–water partition coefficient (Wildman–Crippen LogP) is 4.33. The summed E-state index contributed by atoms with van der Waals surface area (Å²) in [7, 11) is 0. The van der Waals surface area contributed by atoms with Crippen molar-refractivity contribution in [2.45, 2.75) is 13.8 Å². The molecule has 0 bridgehead atoms. The van der Waals surface area contributed by atoms with Crippen LogP contribution in [0.15, 0.2) is 42.6 Å². The number of nitrogens with one attached hydrogen (secondary N) is 1. The van der Waals surface area contributed by atoms with Crippen molar-refractivity contribution in [2.24, 2.45) is 0 Å². The van der Waals surface area contributed by atoms with Crippen LogP contribution in [0.5, 0.6) is 0 Å². The molecule has 0 aliphatic carbocycles. The molecule has 2 amide bonds. The molecule has 1 fully saturated rings. The summed E-state index contributed by atoms with van der Waals surface area (Å²) >= 11 is 12.3. The normalized spacial score (nSPS) is 14.3. The Morgan fingerprint density at radius 3 is 2.03 bits per heavy atom.